The van der Waals surface area contributed by atoms with E-state index in [4.69, 9.17) is 4.99 Å². The van der Waals surface area contributed by atoms with Gasteiger partial charge in [-0.1, -0.05) is 140 Å². The highest BCUT2D eigenvalue weighted by molar-refractivity contribution is 6.09. The van der Waals surface area contributed by atoms with Gasteiger partial charge in [0.05, 0.1) is 17.1 Å². The Morgan fingerprint density at radius 3 is 2.28 bits per heavy atom. The highest BCUT2D eigenvalue weighted by atomic mass is 15.3. The van der Waals surface area contributed by atoms with E-state index in [1.165, 1.54) is 77.2 Å². The summed E-state index contributed by atoms with van der Waals surface area (Å²) in [7, 11) is 0. The molecule has 58 heavy (non-hydrogen) atoms. The Bertz CT molecular complexity index is 3000. The maximum Gasteiger partial charge on any atom is 0.131 e. The molecule has 5 aliphatic rings. The zero-order valence-electron chi connectivity index (χ0n) is 32.2. The number of hydrogen-bond acceptors (Lipinski definition) is 4. The monoisotopic (exact) mass is 749 g/mol. The van der Waals surface area contributed by atoms with Crippen LogP contribution in [0.2, 0.25) is 0 Å². The molecule has 0 amide bonds. The Balaban J connectivity index is 0.991. The van der Waals surface area contributed by atoms with Crippen molar-refractivity contribution in [3.8, 4) is 5.69 Å². The summed E-state index contributed by atoms with van der Waals surface area (Å²) in [6.45, 7) is 0. The van der Waals surface area contributed by atoms with Gasteiger partial charge in [-0.3, -0.25) is 5.32 Å². The number of nitrogens with zero attached hydrogens (tertiary/aromatic N) is 3. The number of fused-ring (bicyclic) bond motifs is 8. The van der Waals surface area contributed by atoms with E-state index in [2.05, 4.69) is 196 Å². The number of anilines is 1. The summed E-state index contributed by atoms with van der Waals surface area (Å²) in [6, 6.07) is 53.5. The number of aliphatic imine (C=N–C) groups is 1. The van der Waals surface area contributed by atoms with Crippen molar-refractivity contribution in [2.75, 3.05) is 4.90 Å². The van der Waals surface area contributed by atoms with Gasteiger partial charge in [-0.2, -0.15) is 0 Å². The number of hydrogen-bond donors (Lipinski definition) is 2. The van der Waals surface area contributed by atoms with Crippen molar-refractivity contribution in [1.29, 1.82) is 0 Å². The van der Waals surface area contributed by atoms with Crippen LogP contribution < -0.4 is 26.0 Å². The molecule has 2 N–H and O–H groups in total. The predicted molar refractivity (Wildman–Crippen MR) is 239 cm³/mol. The zero-order chi connectivity index (χ0) is 38.2. The molecule has 4 unspecified atom stereocenters. The standard InChI is InChI=1S/C53H43N5/c1-3-16-35(17-4-1)51-54-52(36-18-5-2-6-19-36)56-53(55-51)50-40-20-8-7-15-34(40)28-30-48(50)58-47-26-14-11-23-43(47)44-32-38-31-39(29-27-37(38)33-49(44)58)57-45-24-12-9-21-41(45)42-22-10-13-25-46(42)57/h1,3-5,7-29,31,33,44,48,52-53,56H,2,6,30,32H2,(H,54,55). The van der Waals surface area contributed by atoms with Gasteiger partial charge in [0.2, 0.25) is 0 Å². The van der Waals surface area contributed by atoms with Crippen molar-refractivity contribution in [3.05, 3.63) is 208 Å². The molecule has 0 saturated heterocycles. The van der Waals surface area contributed by atoms with E-state index in [0.29, 0.717) is 0 Å². The van der Waals surface area contributed by atoms with E-state index < -0.39 is 0 Å². The van der Waals surface area contributed by atoms with Crippen LogP contribution in [0.4, 0.5) is 5.69 Å². The minimum absolute atomic E-state index is 0.0855. The first-order valence-corrected chi connectivity index (χ1v) is 20.8. The topological polar surface area (TPSA) is 44.6 Å². The van der Waals surface area contributed by atoms with Gasteiger partial charge in [-0.25, -0.2) is 4.99 Å². The smallest absolute Gasteiger partial charge is 0.131 e. The Labute approximate surface area is 338 Å². The average Bonchev–Trinajstić information content (AvgIpc) is 3.80. The van der Waals surface area contributed by atoms with Crippen LogP contribution in [-0.2, 0) is 6.42 Å². The fourth-order valence-corrected chi connectivity index (χ4v) is 10.4. The van der Waals surface area contributed by atoms with Crippen LogP contribution in [0, 0.1) is 0 Å². The maximum atomic E-state index is 5.31. The van der Waals surface area contributed by atoms with Gasteiger partial charge >= 0.3 is 0 Å². The summed E-state index contributed by atoms with van der Waals surface area (Å²) >= 11 is 0. The normalized spacial score (nSPS) is 21.9. The fourth-order valence-electron chi connectivity index (χ4n) is 10.4. The van der Waals surface area contributed by atoms with Crippen LogP contribution in [0.5, 0.6) is 0 Å². The first-order chi connectivity index (χ1) is 28.8. The van der Waals surface area contributed by atoms with Gasteiger partial charge in [0, 0.05) is 39.3 Å². The second kappa shape index (κ2) is 13.5. The number of benzene rings is 6. The summed E-state index contributed by atoms with van der Waals surface area (Å²) < 4.78 is 2.44. The quantitative estimate of drug-likeness (QED) is 0.185. The van der Waals surface area contributed by atoms with Crippen molar-refractivity contribution in [3.63, 3.8) is 0 Å². The number of para-hydroxylation sites is 3. The molecule has 0 fully saturated rings. The highest BCUT2D eigenvalue weighted by Crippen LogP contribution is 2.51. The van der Waals surface area contributed by atoms with E-state index in [0.717, 1.165) is 37.1 Å². The van der Waals surface area contributed by atoms with Crippen LogP contribution in [0.3, 0.4) is 0 Å². The van der Waals surface area contributed by atoms with Crippen LogP contribution >= 0.6 is 0 Å². The second-order valence-electron chi connectivity index (χ2n) is 16.2. The summed E-state index contributed by atoms with van der Waals surface area (Å²) in [5, 5.41) is 13.1. The lowest BCUT2D eigenvalue weighted by atomic mass is 9.83. The molecule has 5 nitrogen and oxygen atoms in total. The number of nitrogens with one attached hydrogen (secondary N) is 2. The lowest BCUT2D eigenvalue weighted by Crippen LogP contribution is -2.60. The molecule has 3 aliphatic carbocycles. The van der Waals surface area contributed by atoms with Crippen molar-refractivity contribution in [2.45, 2.75) is 50.0 Å². The van der Waals surface area contributed by atoms with Gasteiger partial charge in [0.25, 0.3) is 0 Å². The predicted octanol–water partition coefficient (Wildman–Crippen LogP) is 9.26. The van der Waals surface area contributed by atoms with Crippen LogP contribution in [0.1, 0.15) is 47.4 Å². The van der Waals surface area contributed by atoms with Crippen molar-refractivity contribution in [1.82, 2.24) is 15.2 Å². The summed E-state index contributed by atoms with van der Waals surface area (Å²) in [4.78, 5) is 8.00. The Morgan fingerprint density at radius 2 is 1.45 bits per heavy atom. The molecule has 280 valence electrons. The van der Waals surface area contributed by atoms with Crippen molar-refractivity contribution >= 4 is 51.1 Å². The fraction of sp³-hybridized carbons (Fsp3) is 0.151. The molecule has 6 aromatic carbocycles. The molecule has 0 saturated carbocycles. The molecule has 3 heterocycles. The van der Waals surface area contributed by atoms with Crippen molar-refractivity contribution in [2.24, 2.45) is 4.99 Å². The van der Waals surface area contributed by atoms with Gasteiger partial charge in [0.15, 0.2) is 0 Å². The molecule has 2 aliphatic heterocycles. The molecule has 5 heteroatoms. The molecule has 1 aromatic heterocycles. The molecule has 7 aromatic rings. The molecule has 0 bridgehead atoms. The summed E-state index contributed by atoms with van der Waals surface area (Å²) in [6.07, 6.45) is 15.5. The molecule has 0 spiro atoms. The van der Waals surface area contributed by atoms with E-state index in [9.17, 15) is 0 Å². The summed E-state index contributed by atoms with van der Waals surface area (Å²) in [5.74, 6) is 1.19. The van der Waals surface area contributed by atoms with Crippen LogP contribution in [0.15, 0.2) is 180 Å². The van der Waals surface area contributed by atoms with Gasteiger partial charge < -0.3 is 14.8 Å². The summed E-state index contributed by atoms with van der Waals surface area (Å²) in [5.41, 5.74) is 14.2. The van der Waals surface area contributed by atoms with Crippen LogP contribution in [0.25, 0.3) is 45.2 Å². The molecular formula is C53H43N5. The molecular weight excluding hydrogens is 707 g/mol. The highest BCUT2D eigenvalue weighted by Gasteiger charge is 2.43. The first-order valence-electron chi connectivity index (χ1n) is 20.8. The molecule has 4 atom stereocenters. The molecule has 0 radical (unpaired) electrons. The third kappa shape index (κ3) is 5.30. The van der Waals surface area contributed by atoms with Crippen LogP contribution in [-0.4, -0.2) is 28.8 Å². The Morgan fingerprint density at radius 1 is 0.690 bits per heavy atom. The van der Waals surface area contributed by atoms with E-state index >= 15 is 0 Å². The lowest BCUT2D eigenvalue weighted by molar-refractivity contribution is 0.473. The zero-order valence-corrected chi connectivity index (χ0v) is 32.2. The SMILES string of the molecule is C1=CC(C2N=C(c3ccccc3)NC(C3=c4ccccc4=CCC3N3C4=Cc5ccc(-n6c7ccccc7c7ccccc76)cc5CC4c4ccccc43)N2)=CCC1. The van der Waals surface area contributed by atoms with Crippen molar-refractivity contribution < 1.29 is 0 Å². The number of amidine groups is 1. The van der Waals surface area contributed by atoms with E-state index in [1.807, 2.05) is 0 Å². The number of allylic oxidation sites excluding steroid dienone is 3. The Hall–Kier alpha value is -6.69. The minimum atomic E-state index is -0.160. The largest absolute Gasteiger partial charge is 0.351 e. The average molecular weight is 750 g/mol. The Kier molecular flexibility index (Phi) is 7.77. The number of aromatic nitrogens is 1. The molecule has 12 rings (SSSR count). The minimum Gasteiger partial charge on any atom is -0.351 e. The second-order valence-corrected chi connectivity index (χ2v) is 16.2. The third-order valence-electron chi connectivity index (χ3n) is 13.0. The number of rotatable bonds is 5. The van der Waals surface area contributed by atoms with E-state index in [-0.39, 0.29) is 24.3 Å². The van der Waals surface area contributed by atoms with Gasteiger partial charge in [-0.15, -0.1) is 0 Å². The lowest BCUT2D eigenvalue weighted by Gasteiger charge is -2.42. The maximum absolute atomic E-state index is 5.31. The van der Waals surface area contributed by atoms with Gasteiger partial charge in [-0.05, 0) is 100 Å². The first kappa shape index (κ1) is 33.4. The van der Waals surface area contributed by atoms with Gasteiger partial charge in [0.1, 0.15) is 18.2 Å². The third-order valence-corrected chi connectivity index (χ3v) is 13.0. The van der Waals surface area contributed by atoms with E-state index in [1.54, 1.807) is 0 Å².